The first-order valence-electron chi connectivity index (χ1n) is 7.85. The van der Waals surface area contributed by atoms with E-state index in [0.717, 1.165) is 0 Å². The first-order chi connectivity index (χ1) is 12.1. The maximum absolute atomic E-state index is 12.9. The quantitative estimate of drug-likeness (QED) is 0.803. The van der Waals surface area contributed by atoms with E-state index in [0.29, 0.717) is 22.7 Å². The number of carbonyl (C=O) groups excluding carboxylic acids is 2. The number of hydrogen-bond acceptors (Lipinski definition) is 3. The molecule has 2 aromatic rings. The Bertz CT molecular complexity index is 805. The van der Waals surface area contributed by atoms with Crippen molar-refractivity contribution in [3.05, 3.63) is 72.4 Å². The Morgan fingerprint density at radius 2 is 1.80 bits per heavy atom. The number of hydrogen-bond donors (Lipinski definition) is 3. The van der Waals surface area contributed by atoms with Gasteiger partial charge in [0.1, 0.15) is 11.7 Å². The fraction of sp³-hybridized carbons (Fsp3) is 0.158. The zero-order valence-electron chi connectivity index (χ0n) is 13.8. The molecule has 0 unspecified atom stereocenters. The topological polar surface area (TPSA) is 79.5 Å². The lowest BCUT2D eigenvalue weighted by Crippen LogP contribution is -2.51. The third kappa shape index (κ3) is 3.47. The second-order valence-electron chi connectivity index (χ2n) is 5.68. The summed E-state index contributed by atoms with van der Waals surface area (Å²) < 4.78 is 5.38. The van der Waals surface area contributed by atoms with Gasteiger partial charge in [-0.3, -0.25) is 4.79 Å². The molecular weight excluding hydrogens is 318 g/mol. The molecule has 6 heteroatoms. The molecule has 25 heavy (non-hydrogen) atoms. The monoisotopic (exact) mass is 337 g/mol. The number of nitrogens with one attached hydrogen (secondary N) is 3. The number of rotatable bonds is 4. The predicted octanol–water partition coefficient (Wildman–Crippen LogP) is 2.82. The number of methoxy groups -OCH3 is 1. The minimum atomic E-state index is -0.686. The van der Waals surface area contributed by atoms with Crippen LogP contribution in [0.15, 0.2) is 66.9 Å². The largest absolute Gasteiger partial charge is 0.496 e. The maximum Gasteiger partial charge on any atom is 0.319 e. The van der Waals surface area contributed by atoms with Crippen LogP contribution in [0.4, 0.5) is 10.5 Å². The first-order valence-corrected chi connectivity index (χ1v) is 7.85. The predicted molar refractivity (Wildman–Crippen MR) is 95.1 cm³/mol. The number of amides is 3. The zero-order valence-corrected chi connectivity index (χ0v) is 13.8. The van der Waals surface area contributed by atoms with Crippen LogP contribution in [-0.4, -0.2) is 19.0 Å². The highest BCUT2D eigenvalue weighted by molar-refractivity contribution is 5.97. The molecule has 1 aliphatic rings. The van der Waals surface area contributed by atoms with E-state index in [9.17, 15) is 9.59 Å². The van der Waals surface area contributed by atoms with Gasteiger partial charge in [-0.25, -0.2) is 4.79 Å². The maximum atomic E-state index is 12.9. The number of para-hydroxylation sites is 2. The van der Waals surface area contributed by atoms with E-state index < -0.39 is 18.0 Å². The van der Waals surface area contributed by atoms with E-state index >= 15 is 0 Å². The van der Waals surface area contributed by atoms with Gasteiger partial charge in [0, 0.05) is 16.9 Å². The van der Waals surface area contributed by atoms with E-state index in [4.69, 9.17) is 4.74 Å². The Morgan fingerprint density at radius 1 is 1.12 bits per heavy atom. The summed E-state index contributed by atoms with van der Waals surface area (Å²) in [5.74, 6) is -0.353. The number of urea groups is 1. The van der Waals surface area contributed by atoms with E-state index in [-0.39, 0.29) is 5.91 Å². The van der Waals surface area contributed by atoms with Crippen molar-refractivity contribution in [2.75, 3.05) is 12.4 Å². The molecule has 0 spiro atoms. The molecule has 3 amide bonds. The molecule has 1 heterocycles. The number of carbonyl (C=O) groups is 2. The fourth-order valence-corrected chi connectivity index (χ4v) is 2.92. The van der Waals surface area contributed by atoms with E-state index in [1.54, 1.807) is 25.3 Å². The average molecular weight is 337 g/mol. The van der Waals surface area contributed by atoms with Crippen molar-refractivity contribution in [2.45, 2.75) is 6.04 Å². The van der Waals surface area contributed by atoms with Gasteiger partial charge in [-0.1, -0.05) is 43.0 Å². The second kappa shape index (κ2) is 7.09. The summed E-state index contributed by atoms with van der Waals surface area (Å²) in [6.07, 6.45) is 0. The molecule has 0 aliphatic carbocycles. The molecule has 0 bridgehead atoms. The standard InChI is InChI=1S/C19H19N3O3/c1-12-16(18(23)21-13-8-4-3-5-9-13)17(22-19(24)20-12)14-10-6-7-11-15(14)25-2/h3-11,16-17H,1H2,2H3,(H,21,23)(H2,20,22,24)/t16-,17+/m1/s1. The Labute approximate surface area is 145 Å². The Hall–Kier alpha value is -3.28. The molecule has 3 N–H and O–H groups in total. The van der Waals surface area contributed by atoms with Gasteiger partial charge in [-0.05, 0) is 18.2 Å². The SMILES string of the molecule is C=C1NC(=O)N[C@@H](c2ccccc2OC)[C@@H]1C(=O)Nc1ccccc1. The van der Waals surface area contributed by atoms with Crippen LogP contribution in [0.5, 0.6) is 5.75 Å². The van der Waals surface area contributed by atoms with Crippen LogP contribution in [0.1, 0.15) is 11.6 Å². The van der Waals surface area contributed by atoms with Crippen molar-refractivity contribution in [2.24, 2.45) is 5.92 Å². The van der Waals surface area contributed by atoms with Crippen LogP contribution in [-0.2, 0) is 4.79 Å². The van der Waals surface area contributed by atoms with Crippen molar-refractivity contribution < 1.29 is 14.3 Å². The third-order valence-electron chi connectivity index (χ3n) is 4.07. The number of anilines is 1. The zero-order chi connectivity index (χ0) is 17.8. The molecule has 6 nitrogen and oxygen atoms in total. The van der Waals surface area contributed by atoms with Crippen LogP contribution in [0.2, 0.25) is 0 Å². The second-order valence-corrected chi connectivity index (χ2v) is 5.68. The molecule has 0 aromatic heterocycles. The molecule has 2 atom stereocenters. The van der Waals surface area contributed by atoms with E-state index in [1.165, 1.54) is 0 Å². The summed E-state index contributed by atoms with van der Waals surface area (Å²) in [7, 11) is 1.55. The van der Waals surface area contributed by atoms with Gasteiger partial charge in [-0.15, -0.1) is 0 Å². The Kier molecular flexibility index (Phi) is 4.70. The van der Waals surface area contributed by atoms with Crippen LogP contribution >= 0.6 is 0 Å². The molecule has 0 radical (unpaired) electrons. The molecule has 2 aromatic carbocycles. The molecule has 0 saturated carbocycles. The van der Waals surface area contributed by atoms with Gasteiger partial charge in [0.25, 0.3) is 0 Å². The van der Waals surface area contributed by atoms with Crippen LogP contribution in [0.3, 0.4) is 0 Å². The normalized spacial score (nSPS) is 19.6. The van der Waals surface area contributed by atoms with Gasteiger partial charge >= 0.3 is 6.03 Å². The summed E-state index contributed by atoms with van der Waals surface area (Å²) >= 11 is 0. The lowest BCUT2D eigenvalue weighted by molar-refractivity contribution is -0.119. The first kappa shape index (κ1) is 16.6. The van der Waals surface area contributed by atoms with Crippen molar-refractivity contribution in [3.8, 4) is 5.75 Å². The summed E-state index contributed by atoms with van der Waals surface area (Å²) in [5, 5.41) is 8.25. The van der Waals surface area contributed by atoms with Crippen LogP contribution in [0.25, 0.3) is 0 Å². The Morgan fingerprint density at radius 3 is 2.52 bits per heavy atom. The third-order valence-corrected chi connectivity index (χ3v) is 4.07. The highest BCUT2D eigenvalue weighted by Crippen LogP contribution is 2.35. The van der Waals surface area contributed by atoms with Gasteiger partial charge in [-0.2, -0.15) is 0 Å². The molecule has 1 aliphatic heterocycles. The molecule has 1 fully saturated rings. The summed E-state index contributed by atoms with van der Waals surface area (Å²) in [6.45, 7) is 3.87. The average Bonchev–Trinajstić information content (AvgIpc) is 2.61. The number of ether oxygens (including phenoxy) is 1. The summed E-state index contributed by atoms with van der Waals surface area (Å²) in [6, 6.07) is 15.4. The summed E-state index contributed by atoms with van der Waals surface area (Å²) in [5.41, 5.74) is 1.73. The van der Waals surface area contributed by atoms with Gasteiger partial charge in [0.15, 0.2) is 0 Å². The number of benzene rings is 2. The van der Waals surface area contributed by atoms with E-state index in [1.807, 2.05) is 36.4 Å². The summed E-state index contributed by atoms with van der Waals surface area (Å²) in [4.78, 5) is 24.8. The molecule has 3 rings (SSSR count). The van der Waals surface area contributed by atoms with Gasteiger partial charge in [0.2, 0.25) is 5.91 Å². The van der Waals surface area contributed by atoms with Crippen molar-refractivity contribution in [1.82, 2.24) is 10.6 Å². The highest BCUT2D eigenvalue weighted by atomic mass is 16.5. The van der Waals surface area contributed by atoms with Gasteiger partial charge < -0.3 is 20.7 Å². The van der Waals surface area contributed by atoms with Crippen molar-refractivity contribution in [1.29, 1.82) is 0 Å². The van der Waals surface area contributed by atoms with Crippen molar-refractivity contribution in [3.63, 3.8) is 0 Å². The van der Waals surface area contributed by atoms with Gasteiger partial charge in [0.05, 0.1) is 13.2 Å². The van der Waals surface area contributed by atoms with Crippen LogP contribution < -0.4 is 20.7 Å². The smallest absolute Gasteiger partial charge is 0.319 e. The lowest BCUT2D eigenvalue weighted by atomic mass is 9.87. The molecular formula is C19H19N3O3. The molecule has 1 saturated heterocycles. The molecule has 128 valence electrons. The minimum Gasteiger partial charge on any atom is -0.496 e. The highest BCUT2D eigenvalue weighted by Gasteiger charge is 2.39. The van der Waals surface area contributed by atoms with E-state index in [2.05, 4.69) is 22.5 Å². The fourth-order valence-electron chi connectivity index (χ4n) is 2.92. The van der Waals surface area contributed by atoms with Crippen LogP contribution in [0, 0.1) is 5.92 Å². The minimum absolute atomic E-state index is 0.264. The van der Waals surface area contributed by atoms with Crippen molar-refractivity contribution >= 4 is 17.6 Å². The Balaban J connectivity index is 1.94. The lowest BCUT2D eigenvalue weighted by Gasteiger charge is -2.34.